The summed E-state index contributed by atoms with van der Waals surface area (Å²) in [4.78, 5) is 27.7. The highest BCUT2D eigenvalue weighted by molar-refractivity contribution is 6.04. The van der Waals surface area contributed by atoms with Gasteiger partial charge in [-0.15, -0.1) is 0 Å². The molecular formula is C24H32N4O2. The van der Waals surface area contributed by atoms with E-state index in [1.54, 1.807) is 6.07 Å². The SMILES string of the molecule is Cc1cccc(NC(=O)Nc2ccc(N3CCCC3)c(C(=O)NCC(C)C)c2)c1C. The van der Waals surface area contributed by atoms with Crippen LogP contribution >= 0.6 is 0 Å². The molecule has 3 N–H and O–H groups in total. The zero-order valence-electron chi connectivity index (χ0n) is 18.3. The van der Waals surface area contributed by atoms with Gasteiger partial charge in [0, 0.05) is 36.7 Å². The van der Waals surface area contributed by atoms with Crippen LogP contribution in [0.4, 0.5) is 21.9 Å². The average Bonchev–Trinajstić information content (AvgIpc) is 3.24. The quantitative estimate of drug-likeness (QED) is 0.634. The summed E-state index contributed by atoms with van der Waals surface area (Å²) in [6.45, 7) is 10.6. The molecule has 6 heteroatoms. The summed E-state index contributed by atoms with van der Waals surface area (Å²) in [7, 11) is 0. The molecule has 0 saturated carbocycles. The summed E-state index contributed by atoms with van der Waals surface area (Å²) in [5, 5.41) is 8.77. The van der Waals surface area contributed by atoms with E-state index in [4.69, 9.17) is 0 Å². The highest BCUT2D eigenvalue weighted by atomic mass is 16.2. The molecule has 0 unspecified atom stereocenters. The zero-order chi connectivity index (χ0) is 21.7. The summed E-state index contributed by atoms with van der Waals surface area (Å²) in [6.07, 6.45) is 2.26. The maximum absolute atomic E-state index is 12.9. The Morgan fingerprint density at radius 3 is 2.47 bits per heavy atom. The van der Waals surface area contributed by atoms with Crippen LogP contribution in [0, 0.1) is 19.8 Å². The molecule has 1 fully saturated rings. The molecule has 0 radical (unpaired) electrons. The number of hydrogen-bond donors (Lipinski definition) is 3. The Hall–Kier alpha value is -3.02. The Morgan fingerprint density at radius 1 is 1.03 bits per heavy atom. The van der Waals surface area contributed by atoms with Crippen LogP contribution < -0.4 is 20.9 Å². The number of rotatable bonds is 6. The van der Waals surface area contributed by atoms with Crippen molar-refractivity contribution in [2.24, 2.45) is 5.92 Å². The molecule has 6 nitrogen and oxygen atoms in total. The van der Waals surface area contributed by atoms with Gasteiger partial charge in [-0.2, -0.15) is 0 Å². The van der Waals surface area contributed by atoms with Gasteiger partial charge in [-0.05, 0) is 68.0 Å². The standard InChI is InChI=1S/C24H32N4O2/c1-16(2)15-25-23(29)20-14-19(10-11-22(20)28-12-5-6-13-28)26-24(30)27-21-9-7-8-17(3)18(21)4/h7-11,14,16H,5-6,12-13,15H2,1-4H3,(H,25,29)(H2,26,27,30). The van der Waals surface area contributed by atoms with E-state index >= 15 is 0 Å². The van der Waals surface area contributed by atoms with Crippen LogP contribution in [0.1, 0.15) is 48.2 Å². The van der Waals surface area contributed by atoms with Crippen molar-refractivity contribution in [2.75, 3.05) is 35.2 Å². The first-order chi connectivity index (χ1) is 14.3. The van der Waals surface area contributed by atoms with E-state index in [1.807, 2.05) is 44.2 Å². The lowest BCUT2D eigenvalue weighted by Crippen LogP contribution is -2.30. The molecule has 1 aliphatic heterocycles. The topological polar surface area (TPSA) is 73.5 Å². The lowest BCUT2D eigenvalue weighted by Gasteiger charge is -2.22. The number of carbonyl (C=O) groups excluding carboxylic acids is 2. The maximum Gasteiger partial charge on any atom is 0.323 e. The predicted molar refractivity (Wildman–Crippen MR) is 124 cm³/mol. The monoisotopic (exact) mass is 408 g/mol. The van der Waals surface area contributed by atoms with Crippen LogP contribution in [-0.2, 0) is 0 Å². The molecule has 2 aromatic carbocycles. The molecule has 3 amide bonds. The Balaban J connectivity index is 1.79. The highest BCUT2D eigenvalue weighted by Gasteiger charge is 2.20. The summed E-state index contributed by atoms with van der Waals surface area (Å²) < 4.78 is 0. The van der Waals surface area contributed by atoms with Crippen LogP contribution in [0.5, 0.6) is 0 Å². The summed E-state index contributed by atoms with van der Waals surface area (Å²) in [5.41, 5.74) is 5.04. The van der Waals surface area contributed by atoms with E-state index in [0.717, 1.165) is 48.4 Å². The van der Waals surface area contributed by atoms with Gasteiger partial charge in [-0.25, -0.2) is 4.79 Å². The Labute approximate surface area is 179 Å². The second kappa shape index (κ2) is 9.65. The first-order valence-electron chi connectivity index (χ1n) is 10.7. The number of nitrogens with zero attached hydrogens (tertiary/aromatic N) is 1. The van der Waals surface area contributed by atoms with Crippen molar-refractivity contribution in [1.82, 2.24) is 5.32 Å². The molecule has 1 saturated heterocycles. The van der Waals surface area contributed by atoms with E-state index in [-0.39, 0.29) is 11.9 Å². The molecule has 1 aliphatic rings. The average molecular weight is 409 g/mol. The second-order valence-corrected chi connectivity index (χ2v) is 8.36. The van der Waals surface area contributed by atoms with E-state index in [2.05, 4.69) is 34.7 Å². The van der Waals surface area contributed by atoms with Crippen LogP contribution in [0.15, 0.2) is 36.4 Å². The third-order valence-corrected chi connectivity index (χ3v) is 5.47. The van der Waals surface area contributed by atoms with Gasteiger partial charge in [0.25, 0.3) is 5.91 Å². The van der Waals surface area contributed by atoms with Crippen LogP contribution in [0.3, 0.4) is 0 Å². The minimum atomic E-state index is -0.328. The largest absolute Gasteiger partial charge is 0.371 e. The molecule has 0 bridgehead atoms. The summed E-state index contributed by atoms with van der Waals surface area (Å²) in [6, 6.07) is 11.0. The van der Waals surface area contributed by atoms with Crippen molar-refractivity contribution in [1.29, 1.82) is 0 Å². The van der Waals surface area contributed by atoms with E-state index in [9.17, 15) is 9.59 Å². The molecule has 0 aromatic heterocycles. The van der Waals surface area contributed by atoms with E-state index in [0.29, 0.717) is 23.7 Å². The Bertz CT molecular complexity index is 917. The molecule has 0 aliphatic carbocycles. The summed E-state index contributed by atoms with van der Waals surface area (Å²) in [5.74, 6) is 0.262. The van der Waals surface area contributed by atoms with Crippen molar-refractivity contribution >= 4 is 29.0 Å². The smallest absolute Gasteiger partial charge is 0.323 e. The van der Waals surface area contributed by atoms with E-state index in [1.165, 1.54) is 0 Å². The molecule has 0 spiro atoms. The Morgan fingerprint density at radius 2 is 1.77 bits per heavy atom. The van der Waals surface area contributed by atoms with Crippen molar-refractivity contribution in [3.63, 3.8) is 0 Å². The fourth-order valence-electron chi connectivity index (χ4n) is 3.59. The van der Waals surface area contributed by atoms with Crippen LogP contribution in [0.25, 0.3) is 0 Å². The van der Waals surface area contributed by atoms with Crippen LogP contribution in [0.2, 0.25) is 0 Å². The zero-order valence-corrected chi connectivity index (χ0v) is 18.3. The first kappa shape index (κ1) is 21.7. The molecule has 0 atom stereocenters. The number of benzene rings is 2. The van der Waals surface area contributed by atoms with E-state index < -0.39 is 0 Å². The molecular weight excluding hydrogens is 376 g/mol. The number of nitrogens with one attached hydrogen (secondary N) is 3. The highest BCUT2D eigenvalue weighted by Crippen LogP contribution is 2.28. The number of urea groups is 1. The third kappa shape index (κ3) is 5.32. The lowest BCUT2D eigenvalue weighted by atomic mass is 10.1. The van der Waals surface area contributed by atoms with Crippen molar-refractivity contribution < 1.29 is 9.59 Å². The molecule has 3 rings (SSSR count). The number of anilines is 3. The maximum atomic E-state index is 12.9. The lowest BCUT2D eigenvalue weighted by molar-refractivity contribution is 0.0949. The van der Waals surface area contributed by atoms with Gasteiger partial charge in [0.1, 0.15) is 0 Å². The van der Waals surface area contributed by atoms with Gasteiger partial charge < -0.3 is 20.9 Å². The molecule has 30 heavy (non-hydrogen) atoms. The fourth-order valence-corrected chi connectivity index (χ4v) is 3.59. The van der Waals surface area contributed by atoms with Gasteiger partial charge in [-0.3, -0.25) is 4.79 Å². The molecule has 160 valence electrons. The third-order valence-electron chi connectivity index (χ3n) is 5.47. The van der Waals surface area contributed by atoms with Crippen molar-refractivity contribution in [2.45, 2.75) is 40.5 Å². The van der Waals surface area contributed by atoms with Crippen LogP contribution in [-0.4, -0.2) is 31.6 Å². The predicted octanol–water partition coefficient (Wildman–Crippen LogP) is 4.93. The Kier molecular flexibility index (Phi) is 6.98. The summed E-state index contributed by atoms with van der Waals surface area (Å²) >= 11 is 0. The normalized spacial score (nSPS) is 13.4. The van der Waals surface area contributed by atoms with Gasteiger partial charge >= 0.3 is 6.03 Å². The van der Waals surface area contributed by atoms with Gasteiger partial charge in [0.15, 0.2) is 0 Å². The number of hydrogen-bond acceptors (Lipinski definition) is 3. The van der Waals surface area contributed by atoms with Gasteiger partial charge in [-0.1, -0.05) is 26.0 Å². The minimum Gasteiger partial charge on any atom is -0.371 e. The van der Waals surface area contributed by atoms with Crippen molar-refractivity contribution in [3.8, 4) is 0 Å². The second-order valence-electron chi connectivity index (χ2n) is 8.36. The fraction of sp³-hybridized carbons (Fsp3) is 0.417. The number of aryl methyl sites for hydroxylation is 1. The number of carbonyl (C=O) groups is 2. The first-order valence-corrected chi connectivity index (χ1v) is 10.7. The number of amides is 3. The molecule has 1 heterocycles. The van der Waals surface area contributed by atoms with Gasteiger partial charge in [0.05, 0.1) is 5.56 Å². The molecule has 2 aromatic rings. The minimum absolute atomic E-state index is 0.107. The van der Waals surface area contributed by atoms with Gasteiger partial charge in [0.2, 0.25) is 0 Å². The van der Waals surface area contributed by atoms with Crippen molar-refractivity contribution in [3.05, 3.63) is 53.1 Å².